The highest BCUT2D eigenvalue weighted by Gasteiger charge is 2.33. The molecule has 144 valence electrons. The summed E-state index contributed by atoms with van der Waals surface area (Å²) in [7, 11) is 0. The van der Waals surface area contributed by atoms with Crippen LogP contribution in [0.15, 0.2) is 36.4 Å². The maximum atomic E-state index is 12.8. The van der Waals surface area contributed by atoms with E-state index in [1.165, 1.54) is 25.1 Å². The molecule has 2 rings (SSSR count). The van der Waals surface area contributed by atoms with Gasteiger partial charge >= 0.3 is 6.18 Å². The molecule has 0 aliphatic rings. The third kappa shape index (κ3) is 6.98. The summed E-state index contributed by atoms with van der Waals surface area (Å²) in [6.07, 6.45) is -4.61. The highest BCUT2D eigenvalue weighted by Crippen LogP contribution is 2.33. The van der Waals surface area contributed by atoms with Crippen molar-refractivity contribution >= 4 is 11.6 Å². The Balaban J connectivity index is 0.000000289. The van der Waals surface area contributed by atoms with E-state index in [0.717, 1.165) is 12.1 Å². The van der Waals surface area contributed by atoms with Crippen LogP contribution in [0.5, 0.6) is 5.75 Å². The third-order valence-electron chi connectivity index (χ3n) is 3.22. The van der Waals surface area contributed by atoms with Crippen LogP contribution >= 0.6 is 0 Å². The van der Waals surface area contributed by atoms with Gasteiger partial charge < -0.3 is 10.1 Å². The number of nitrogens with one attached hydrogen (secondary N) is 1. The topological polar surface area (TPSA) is 62.1 Å². The molecule has 0 bridgehead atoms. The Morgan fingerprint density at radius 2 is 1.89 bits per heavy atom. The van der Waals surface area contributed by atoms with Gasteiger partial charge in [0.05, 0.1) is 23.8 Å². The molecule has 1 N–H and O–H groups in total. The molecule has 0 heterocycles. The van der Waals surface area contributed by atoms with Crippen LogP contribution in [0, 0.1) is 24.1 Å². The first kappa shape index (κ1) is 22.0. The first-order valence-electron chi connectivity index (χ1n) is 7.86. The van der Waals surface area contributed by atoms with Crippen molar-refractivity contribution in [1.29, 1.82) is 5.26 Å². The minimum Gasteiger partial charge on any atom is -0.494 e. The Morgan fingerprint density at radius 3 is 2.37 bits per heavy atom. The van der Waals surface area contributed by atoms with Crippen LogP contribution < -0.4 is 10.1 Å². The van der Waals surface area contributed by atoms with Gasteiger partial charge in [0.2, 0.25) is 5.91 Å². The number of hydrogen-bond donors (Lipinski definition) is 1. The second kappa shape index (κ2) is 9.57. The molecule has 27 heavy (non-hydrogen) atoms. The van der Waals surface area contributed by atoms with Crippen LogP contribution in [0.3, 0.4) is 0 Å². The van der Waals surface area contributed by atoms with Gasteiger partial charge in [-0.15, -0.1) is 0 Å². The lowest BCUT2D eigenvalue weighted by Crippen LogP contribution is -2.11. The Hall–Kier alpha value is -3.08. The van der Waals surface area contributed by atoms with Crippen LogP contribution in [0.1, 0.15) is 30.5 Å². The van der Waals surface area contributed by atoms with Crippen molar-refractivity contribution in [2.45, 2.75) is 26.9 Å². The van der Waals surface area contributed by atoms with Gasteiger partial charge in [0.25, 0.3) is 0 Å². The zero-order valence-electron chi connectivity index (χ0n) is 14.9. The van der Waals surface area contributed by atoms with Crippen LogP contribution in [-0.4, -0.2) is 12.5 Å². The lowest BCUT2D eigenvalue weighted by molar-refractivity contribution is -0.137. The number of anilines is 1. The zero-order valence-corrected chi connectivity index (χ0v) is 14.9. The van der Waals surface area contributed by atoms with E-state index in [1.54, 1.807) is 19.1 Å². The second-order valence-electron chi connectivity index (χ2n) is 5.40. The van der Waals surface area contributed by atoms with Gasteiger partial charge in [-0.2, -0.15) is 18.4 Å². The number of rotatable bonds is 3. The summed E-state index contributed by atoms with van der Waals surface area (Å²) < 4.78 is 55.4. The molecule has 4 nitrogen and oxygen atoms in total. The molecule has 0 atom stereocenters. The van der Waals surface area contributed by atoms with Crippen molar-refractivity contribution in [2.75, 3.05) is 11.9 Å². The van der Waals surface area contributed by atoms with E-state index in [9.17, 15) is 22.4 Å². The van der Waals surface area contributed by atoms with E-state index in [1.807, 2.05) is 6.92 Å². The van der Waals surface area contributed by atoms with E-state index in [4.69, 9.17) is 10.00 Å². The summed E-state index contributed by atoms with van der Waals surface area (Å²) in [5.41, 5.74) is -0.866. The SMILES string of the molecule is CC(=O)Nc1ccc(C#N)c(C(F)(F)F)c1.CCOc1ccc(C)c(F)c1. The minimum absolute atomic E-state index is 0.0128. The quantitative estimate of drug-likeness (QED) is 0.754. The maximum Gasteiger partial charge on any atom is 0.417 e. The first-order chi connectivity index (χ1) is 12.6. The summed E-state index contributed by atoms with van der Waals surface area (Å²) in [6.45, 7) is 5.36. The number of hydrogen-bond acceptors (Lipinski definition) is 3. The van der Waals surface area contributed by atoms with E-state index < -0.39 is 23.2 Å². The van der Waals surface area contributed by atoms with Crippen molar-refractivity contribution in [3.05, 3.63) is 58.9 Å². The summed E-state index contributed by atoms with van der Waals surface area (Å²) in [4.78, 5) is 10.7. The van der Waals surface area contributed by atoms with Crippen LogP contribution in [0.2, 0.25) is 0 Å². The lowest BCUT2D eigenvalue weighted by Gasteiger charge is -2.10. The van der Waals surface area contributed by atoms with E-state index in [2.05, 4.69) is 5.32 Å². The number of carbonyl (C=O) groups excluding carboxylic acids is 1. The largest absolute Gasteiger partial charge is 0.494 e. The molecule has 0 aliphatic heterocycles. The molecule has 8 heteroatoms. The van der Waals surface area contributed by atoms with E-state index >= 15 is 0 Å². The molecule has 0 aromatic heterocycles. The number of halogens is 4. The van der Waals surface area contributed by atoms with Gasteiger partial charge in [-0.3, -0.25) is 4.79 Å². The monoisotopic (exact) mass is 382 g/mol. The number of amides is 1. The molecule has 2 aromatic rings. The number of ether oxygens (including phenoxy) is 1. The van der Waals surface area contributed by atoms with Crippen molar-refractivity contribution in [1.82, 2.24) is 0 Å². The fraction of sp³-hybridized carbons (Fsp3) is 0.263. The Labute approximate surface area is 154 Å². The summed E-state index contributed by atoms with van der Waals surface area (Å²) in [5, 5.41) is 10.7. The predicted octanol–water partition coefficient (Wildman–Crippen LogP) is 5.07. The van der Waals surface area contributed by atoms with Crippen LogP contribution in [0.25, 0.3) is 0 Å². The molecule has 0 aliphatic carbocycles. The van der Waals surface area contributed by atoms with Crippen molar-refractivity contribution in [3.63, 3.8) is 0 Å². The molecule has 0 spiro atoms. The van der Waals surface area contributed by atoms with E-state index in [0.29, 0.717) is 17.9 Å². The number of alkyl halides is 3. The molecular weight excluding hydrogens is 364 g/mol. The number of aryl methyl sites for hydroxylation is 1. The van der Waals surface area contributed by atoms with Crippen LogP contribution in [-0.2, 0) is 11.0 Å². The van der Waals surface area contributed by atoms with Crippen molar-refractivity contribution in [3.8, 4) is 11.8 Å². The Bertz CT molecular complexity index is 843. The average molecular weight is 382 g/mol. The number of nitriles is 1. The molecule has 0 fully saturated rings. The molecule has 0 saturated carbocycles. The van der Waals surface area contributed by atoms with E-state index in [-0.39, 0.29) is 11.5 Å². The fourth-order valence-electron chi connectivity index (χ4n) is 1.99. The van der Waals surface area contributed by atoms with Gasteiger partial charge in [-0.1, -0.05) is 6.07 Å². The Kier molecular flexibility index (Phi) is 7.79. The maximum absolute atomic E-state index is 12.8. The zero-order chi connectivity index (χ0) is 20.6. The normalized spacial score (nSPS) is 10.3. The third-order valence-corrected chi connectivity index (χ3v) is 3.22. The summed E-state index contributed by atoms with van der Waals surface area (Å²) in [6, 6.07) is 9.33. The summed E-state index contributed by atoms with van der Waals surface area (Å²) >= 11 is 0. The lowest BCUT2D eigenvalue weighted by atomic mass is 10.1. The fourth-order valence-corrected chi connectivity index (χ4v) is 1.99. The van der Waals surface area contributed by atoms with Gasteiger partial charge in [-0.05, 0) is 43.7 Å². The molecule has 0 radical (unpaired) electrons. The van der Waals surface area contributed by atoms with Crippen molar-refractivity contribution in [2.24, 2.45) is 0 Å². The smallest absolute Gasteiger partial charge is 0.417 e. The number of nitrogens with zero attached hydrogens (tertiary/aromatic N) is 1. The predicted molar refractivity (Wildman–Crippen MR) is 92.8 cm³/mol. The Morgan fingerprint density at radius 1 is 1.22 bits per heavy atom. The minimum atomic E-state index is -4.61. The van der Waals surface area contributed by atoms with Gasteiger partial charge in [0.1, 0.15) is 11.6 Å². The standard InChI is InChI=1S/C10H7F3N2O.C9H11FO/c1-6(16)15-8-3-2-7(5-14)9(4-8)10(11,12)13;1-3-11-8-5-4-7(2)9(10)6-8/h2-4H,1H3,(H,15,16);4-6H,3H2,1-2H3. The second-order valence-corrected chi connectivity index (χ2v) is 5.40. The van der Waals surface area contributed by atoms with Gasteiger partial charge in [-0.25, -0.2) is 4.39 Å². The molecule has 0 saturated heterocycles. The highest BCUT2D eigenvalue weighted by molar-refractivity contribution is 5.88. The first-order valence-corrected chi connectivity index (χ1v) is 7.86. The summed E-state index contributed by atoms with van der Waals surface area (Å²) in [5.74, 6) is -0.0932. The van der Waals surface area contributed by atoms with Gasteiger partial charge in [0, 0.05) is 18.7 Å². The molecule has 1 amide bonds. The number of benzene rings is 2. The van der Waals surface area contributed by atoms with Gasteiger partial charge in [0.15, 0.2) is 0 Å². The molecule has 0 unspecified atom stereocenters. The highest BCUT2D eigenvalue weighted by atomic mass is 19.4. The molecular formula is C19H18F4N2O2. The average Bonchev–Trinajstić information content (AvgIpc) is 2.58. The number of carbonyl (C=O) groups is 1. The molecule has 2 aromatic carbocycles. The van der Waals surface area contributed by atoms with Crippen molar-refractivity contribution < 1.29 is 27.1 Å². The van der Waals surface area contributed by atoms with Crippen LogP contribution in [0.4, 0.5) is 23.2 Å².